The Morgan fingerprint density at radius 1 is 1.35 bits per heavy atom. The van der Waals surface area contributed by atoms with Gasteiger partial charge in [0.15, 0.2) is 0 Å². The van der Waals surface area contributed by atoms with Crippen LogP contribution in [0.2, 0.25) is 0 Å². The maximum absolute atomic E-state index is 12.4. The van der Waals surface area contributed by atoms with Gasteiger partial charge in [0, 0.05) is 13.1 Å². The highest BCUT2D eigenvalue weighted by Gasteiger charge is 2.40. The van der Waals surface area contributed by atoms with Crippen molar-refractivity contribution in [3.05, 3.63) is 29.8 Å². The zero-order valence-electron chi connectivity index (χ0n) is 12.1. The molecular weight excluding hydrogens is 256 g/mol. The minimum absolute atomic E-state index is 0.0324. The standard InChI is InChI=1S/C15H20N2O3/c1-15(2)14(19)16-8-9-17(15)13(18)10-11-4-6-12(20-3)7-5-11/h4-7H,8-10H2,1-3H3,(H,16,19). The summed E-state index contributed by atoms with van der Waals surface area (Å²) in [5, 5.41) is 2.79. The highest BCUT2D eigenvalue weighted by Crippen LogP contribution is 2.20. The summed E-state index contributed by atoms with van der Waals surface area (Å²) in [5.41, 5.74) is 0.125. The molecular formula is C15H20N2O3. The topological polar surface area (TPSA) is 58.6 Å². The molecule has 1 N–H and O–H groups in total. The second-order valence-corrected chi connectivity index (χ2v) is 5.39. The van der Waals surface area contributed by atoms with Crippen molar-refractivity contribution in [1.82, 2.24) is 10.2 Å². The number of carbonyl (C=O) groups excluding carboxylic acids is 2. The van der Waals surface area contributed by atoms with Gasteiger partial charge in [0.25, 0.3) is 0 Å². The SMILES string of the molecule is COc1ccc(CC(=O)N2CCNC(=O)C2(C)C)cc1. The number of piperazine rings is 1. The Hall–Kier alpha value is -2.04. The molecule has 1 saturated heterocycles. The normalized spacial score (nSPS) is 17.6. The van der Waals surface area contributed by atoms with E-state index in [9.17, 15) is 9.59 Å². The first-order chi connectivity index (χ1) is 9.45. The molecule has 0 atom stereocenters. The van der Waals surface area contributed by atoms with Gasteiger partial charge in [0.1, 0.15) is 11.3 Å². The fraction of sp³-hybridized carbons (Fsp3) is 0.467. The zero-order chi connectivity index (χ0) is 14.8. The van der Waals surface area contributed by atoms with Crippen molar-refractivity contribution in [3.8, 4) is 5.75 Å². The van der Waals surface area contributed by atoms with Crippen molar-refractivity contribution in [3.63, 3.8) is 0 Å². The Kier molecular flexibility index (Phi) is 3.97. The Morgan fingerprint density at radius 3 is 2.60 bits per heavy atom. The number of methoxy groups -OCH3 is 1. The Morgan fingerprint density at radius 2 is 2.00 bits per heavy atom. The fourth-order valence-corrected chi connectivity index (χ4v) is 2.35. The Labute approximate surface area is 118 Å². The number of nitrogens with zero attached hydrogens (tertiary/aromatic N) is 1. The average molecular weight is 276 g/mol. The molecule has 0 unspecified atom stereocenters. The smallest absolute Gasteiger partial charge is 0.245 e. The summed E-state index contributed by atoms with van der Waals surface area (Å²) in [4.78, 5) is 25.9. The number of nitrogens with one attached hydrogen (secondary N) is 1. The Bertz CT molecular complexity index is 508. The van der Waals surface area contributed by atoms with Crippen LogP contribution in [0.1, 0.15) is 19.4 Å². The first kappa shape index (κ1) is 14.4. The summed E-state index contributed by atoms with van der Waals surface area (Å²) in [6.07, 6.45) is 0.292. The lowest BCUT2D eigenvalue weighted by atomic mass is 9.97. The number of hydrogen-bond acceptors (Lipinski definition) is 3. The molecule has 20 heavy (non-hydrogen) atoms. The van der Waals surface area contributed by atoms with Crippen LogP contribution in [0.15, 0.2) is 24.3 Å². The third-order valence-electron chi connectivity index (χ3n) is 3.67. The van der Waals surface area contributed by atoms with E-state index >= 15 is 0 Å². The summed E-state index contributed by atoms with van der Waals surface area (Å²) in [7, 11) is 1.61. The molecule has 1 aromatic carbocycles. The molecule has 1 aromatic rings. The minimum atomic E-state index is -0.790. The van der Waals surface area contributed by atoms with Crippen molar-refractivity contribution in [2.75, 3.05) is 20.2 Å². The average Bonchev–Trinajstić information content (AvgIpc) is 2.42. The maximum atomic E-state index is 12.4. The van der Waals surface area contributed by atoms with Gasteiger partial charge in [0.2, 0.25) is 11.8 Å². The van der Waals surface area contributed by atoms with Gasteiger partial charge < -0.3 is 15.0 Å². The van der Waals surface area contributed by atoms with Crippen molar-refractivity contribution >= 4 is 11.8 Å². The fourth-order valence-electron chi connectivity index (χ4n) is 2.35. The number of ether oxygens (including phenoxy) is 1. The minimum Gasteiger partial charge on any atom is -0.497 e. The third-order valence-corrected chi connectivity index (χ3v) is 3.67. The van der Waals surface area contributed by atoms with Crippen LogP contribution in [-0.2, 0) is 16.0 Å². The first-order valence-corrected chi connectivity index (χ1v) is 6.67. The molecule has 2 rings (SSSR count). The molecule has 1 heterocycles. The van der Waals surface area contributed by atoms with Crippen LogP contribution >= 0.6 is 0 Å². The molecule has 5 nitrogen and oxygen atoms in total. The quantitative estimate of drug-likeness (QED) is 0.895. The lowest BCUT2D eigenvalue weighted by molar-refractivity contribution is -0.148. The molecule has 5 heteroatoms. The van der Waals surface area contributed by atoms with E-state index in [-0.39, 0.29) is 11.8 Å². The van der Waals surface area contributed by atoms with Crippen molar-refractivity contribution in [2.24, 2.45) is 0 Å². The molecule has 0 aliphatic carbocycles. The molecule has 1 aliphatic heterocycles. The van der Waals surface area contributed by atoms with Gasteiger partial charge in [-0.2, -0.15) is 0 Å². The molecule has 2 amide bonds. The first-order valence-electron chi connectivity index (χ1n) is 6.67. The van der Waals surface area contributed by atoms with E-state index in [1.807, 2.05) is 24.3 Å². The highest BCUT2D eigenvalue weighted by molar-refractivity contribution is 5.92. The van der Waals surface area contributed by atoms with Gasteiger partial charge in [0.05, 0.1) is 13.5 Å². The molecule has 1 fully saturated rings. The van der Waals surface area contributed by atoms with E-state index in [4.69, 9.17) is 4.74 Å². The van der Waals surface area contributed by atoms with Crippen LogP contribution in [0.25, 0.3) is 0 Å². The van der Waals surface area contributed by atoms with Crippen LogP contribution < -0.4 is 10.1 Å². The predicted octanol–water partition coefficient (Wildman–Crippen LogP) is 0.975. The monoisotopic (exact) mass is 276 g/mol. The van der Waals surface area contributed by atoms with Crippen molar-refractivity contribution in [2.45, 2.75) is 25.8 Å². The van der Waals surface area contributed by atoms with Gasteiger partial charge >= 0.3 is 0 Å². The lowest BCUT2D eigenvalue weighted by Gasteiger charge is -2.41. The largest absolute Gasteiger partial charge is 0.497 e. The predicted molar refractivity (Wildman–Crippen MR) is 75.5 cm³/mol. The van der Waals surface area contributed by atoms with Crippen LogP contribution in [0.5, 0.6) is 5.75 Å². The van der Waals surface area contributed by atoms with Gasteiger partial charge in [-0.25, -0.2) is 0 Å². The number of rotatable bonds is 3. The maximum Gasteiger partial charge on any atom is 0.245 e. The molecule has 1 aliphatic rings. The van der Waals surface area contributed by atoms with E-state index < -0.39 is 5.54 Å². The van der Waals surface area contributed by atoms with Crippen molar-refractivity contribution < 1.29 is 14.3 Å². The van der Waals surface area contributed by atoms with Crippen LogP contribution in [0.4, 0.5) is 0 Å². The van der Waals surface area contributed by atoms with E-state index in [1.54, 1.807) is 25.9 Å². The number of carbonyl (C=O) groups is 2. The highest BCUT2D eigenvalue weighted by atomic mass is 16.5. The third kappa shape index (κ3) is 2.76. The summed E-state index contributed by atoms with van der Waals surface area (Å²) >= 11 is 0. The van der Waals surface area contributed by atoms with E-state index in [0.717, 1.165) is 11.3 Å². The van der Waals surface area contributed by atoms with E-state index in [0.29, 0.717) is 19.5 Å². The second kappa shape index (κ2) is 5.53. The van der Waals surface area contributed by atoms with E-state index in [2.05, 4.69) is 5.32 Å². The molecule has 108 valence electrons. The van der Waals surface area contributed by atoms with Crippen LogP contribution in [0.3, 0.4) is 0 Å². The molecule has 0 aromatic heterocycles. The van der Waals surface area contributed by atoms with Crippen molar-refractivity contribution in [1.29, 1.82) is 0 Å². The van der Waals surface area contributed by atoms with Gasteiger partial charge in [-0.15, -0.1) is 0 Å². The Balaban J connectivity index is 2.08. The van der Waals surface area contributed by atoms with Crippen LogP contribution in [0, 0.1) is 0 Å². The molecule has 0 spiro atoms. The lowest BCUT2D eigenvalue weighted by Crippen LogP contribution is -2.63. The number of benzene rings is 1. The molecule has 0 bridgehead atoms. The molecule has 0 radical (unpaired) electrons. The summed E-state index contributed by atoms with van der Waals surface area (Å²) < 4.78 is 5.09. The summed E-state index contributed by atoms with van der Waals surface area (Å²) in [6, 6.07) is 7.40. The summed E-state index contributed by atoms with van der Waals surface area (Å²) in [6.45, 7) is 4.60. The van der Waals surface area contributed by atoms with Gasteiger partial charge in [-0.3, -0.25) is 9.59 Å². The number of amides is 2. The van der Waals surface area contributed by atoms with Gasteiger partial charge in [-0.1, -0.05) is 12.1 Å². The van der Waals surface area contributed by atoms with Gasteiger partial charge in [-0.05, 0) is 31.5 Å². The number of hydrogen-bond donors (Lipinski definition) is 1. The van der Waals surface area contributed by atoms with Crippen LogP contribution in [-0.4, -0.2) is 42.5 Å². The zero-order valence-corrected chi connectivity index (χ0v) is 12.1. The summed E-state index contributed by atoms with van der Waals surface area (Å²) in [5.74, 6) is 0.626. The van der Waals surface area contributed by atoms with E-state index in [1.165, 1.54) is 0 Å². The molecule has 0 saturated carbocycles. The second-order valence-electron chi connectivity index (χ2n) is 5.39.